The third kappa shape index (κ3) is 4.05. The second-order valence-corrected chi connectivity index (χ2v) is 7.57. The Labute approximate surface area is 174 Å². The zero-order valence-electron chi connectivity index (χ0n) is 16.8. The normalized spacial score (nSPS) is 15.9. The molecule has 0 radical (unpaired) electrons. The highest BCUT2D eigenvalue weighted by Gasteiger charge is 2.26. The average Bonchev–Trinajstić information content (AvgIpc) is 3.23. The van der Waals surface area contributed by atoms with Crippen LogP contribution in [0.2, 0.25) is 0 Å². The number of pyridine rings is 1. The summed E-state index contributed by atoms with van der Waals surface area (Å²) < 4.78 is 0. The molecule has 1 atom stereocenters. The number of fused-ring (bicyclic) bond motifs is 1. The quantitative estimate of drug-likeness (QED) is 0.678. The first kappa shape index (κ1) is 19.7. The fourth-order valence-electron chi connectivity index (χ4n) is 3.88. The van der Waals surface area contributed by atoms with Crippen LogP contribution in [0.1, 0.15) is 22.3 Å². The molecule has 2 amide bonds. The number of nitrogens with zero attached hydrogens (tertiary/aromatic N) is 3. The monoisotopic (exact) mass is 404 g/mol. The van der Waals surface area contributed by atoms with E-state index in [0.29, 0.717) is 30.7 Å². The van der Waals surface area contributed by atoms with Crippen molar-refractivity contribution in [2.75, 3.05) is 25.5 Å². The van der Waals surface area contributed by atoms with Crippen LogP contribution in [-0.2, 0) is 6.54 Å². The van der Waals surface area contributed by atoms with Crippen LogP contribution >= 0.6 is 0 Å². The van der Waals surface area contributed by atoms with E-state index in [4.69, 9.17) is 0 Å². The number of carbonyl (C=O) groups excluding carboxylic acids is 1. The van der Waals surface area contributed by atoms with Gasteiger partial charge in [0.15, 0.2) is 0 Å². The number of hydrogen-bond acceptors (Lipinski definition) is 4. The van der Waals surface area contributed by atoms with E-state index in [2.05, 4.69) is 10.3 Å². The molecule has 1 unspecified atom stereocenters. The Morgan fingerprint density at radius 3 is 2.70 bits per heavy atom. The molecule has 154 valence electrons. The van der Waals surface area contributed by atoms with Gasteiger partial charge < -0.3 is 20.2 Å². The van der Waals surface area contributed by atoms with Gasteiger partial charge in [0.25, 0.3) is 5.91 Å². The molecule has 30 heavy (non-hydrogen) atoms. The van der Waals surface area contributed by atoms with Crippen LogP contribution in [0.5, 0.6) is 0 Å². The topological polar surface area (TPSA) is 85.8 Å². The molecule has 0 bridgehead atoms. The third-order valence-electron chi connectivity index (χ3n) is 5.43. The van der Waals surface area contributed by atoms with Gasteiger partial charge in [0.2, 0.25) is 0 Å². The van der Waals surface area contributed by atoms with E-state index in [9.17, 15) is 14.7 Å². The number of benzene rings is 2. The van der Waals surface area contributed by atoms with Gasteiger partial charge in [-0.25, -0.2) is 4.79 Å². The van der Waals surface area contributed by atoms with Gasteiger partial charge in [-0.05, 0) is 36.2 Å². The molecule has 1 aliphatic rings. The second-order valence-electron chi connectivity index (χ2n) is 7.57. The molecule has 1 aromatic heterocycles. The van der Waals surface area contributed by atoms with Crippen molar-refractivity contribution >= 4 is 28.6 Å². The summed E-state index contributed by atoms with van der Waals surface area (Å²) in [5.74, 6) is -0.0907. The van der Waals surface area contributed by atoms with E-state index in [-0.39, 0.29) is 11.9 Å². The smallest absolute Gasteiger partial charge is 0.407 e. The van der Waals surface area contributed by atoms with E-state index in [1.165, 1.54) is 4.90 Å². The lowest BCUT2D eigenvalue weighted by Crippen LogP contribution is -2.30. The fourth-order valence-corrected chi connectivity index (χ4v) is 3.88. The molecule has 1 saturated heterocycles. The lowest BCUT2D eigenvalue weighted by Gasteiger charge is -2.20. The van der Waals surface area contributed by atoms with Gasteiger partial charge in [-0.15, -0.1) is 0 Å². The van der Waals surface area contributed by atoms with Crippen molar-refractivity contribution < 1.29 is 14.7 Å². The highest BCUT2D eigenvalue weighted by atomic mass is 16.4. The van der Waals surface area contributed by atoms with Crippen LogP contribution < -0.4 is 5.32 Å². The van der Waals surface area contributed by atoms with Crippen molar-refractivity contribution in [1.29, 1.82) is 0 Å². The predicted molar refractivity (Wildman–Crippen MR) is 116 cm³/mol. The largest absolute Gasteiger partial charge is 0.465 e. The van der Waals surface area contributed by atoms with Crippen molar-refractivity contribution in [3.05, 3.63) is 71.9 Å². The maximum Gasteiger partial charge on any atom is 0.407 e. The average molecular weight is 404 g/mol. The van der Waals surface area contributed by atoms with Gasteiger partial charge in [-0.2, -0.15) is 0 Å². The molecule has 2 heterocycles. The van der Waals surface area contributed by atoms with Crippen LogP contribution in [0, 0.1) is 0 Å². The number of hydrogen-bond donors (Lipinski definition) is 2. The zero-order chi connectivity index (χ0) is 21.1. The minimum atomic E-state index is -0.895. The second kappa shape index (κ2) is 8.41. The molecular formula is C23H24N4O3. The molecule has 7 nitrogen and oxygen atoms in total. The molecule has 4 rings (SSSR count). The highest BCUT2D eigenvalue weighted by molar-refractivity contribution is 6.08. The highest BCUT2D eigenvalue weighted by Crippen LogP contribution is 2.28. The Bertz CT molecular complexity index is 1070. The molecule has 3 aromatic rings. The zero-order valence-corrected chi connectivity index (χ0v) is 16.8. The molecule has 0 saturated carbocycles. The van der Waals surface area contributed by atoms with Crippen molar-refractivity contribution in [3.8, 4) is 0 Å². The first-order chi connectivity index (χ1) is 14.5. The number of amides is 2. The van der Waals surface area contributed by atoms with E-state index in [1.54, 1.807) is 24.2 Å². The van der Waals surface area contributed by atoms with Gasteiger partial charge in [0, 0.05) is 50.0 Å². The number of carbonyl (C=O) groups is 2. The van der Waals surface area contributed by atoms with Gasteiger partial charge in [0.1, 0.15) is 0 Å². The van der Waals surface area contributed by atoms with Gasteiger partial charge in [-0.1, -0.05) is 30.3 Å². The minimum Gasteiger partial charge on any atom is -0.465 e. The standard InChI is InChI=1S/C23H24N4O3/c1-26(14-16-6-3-2-4-7-16)22(28)19-9-10-20(18-8-5-12-24-21(18)19)25-17-11-13-27(15-17)23(29)30/h2-10,12,17,25H,11,13-15H2,1H3,(H,29,30). The fraction of sp³-hybridized carbons (Fsp3) is 0.261. The summed E-state index contributed by atoms with van der Waals surface area (Å²) in [6.07, 6.45) is 1.53. The number of aromatic nitrogens is 1. The molecular weight excluding hydrogens is 380 g/mol. The first-order valence-electron chi connectivity index (χ1n) is 9.94. The van der Waals surface area contributed by atoms with E-state index in [1.807, 2.05) is 48.5 Å². The summed E-state index contributed by atoms with van der Waals surface area (Å²) in [7, 11) is 1.79. The SMILES string of the molecule is CN(Cc1ccccc1)C(=O)c1ccc(NC2CCN(C(=O)O)C2)c2cccnc12. The summed E-state index contributed by atoms with van der Waals surface area (Å²) in [5, 5.41) is 13.5. The first-order valence-corrected chi connectivity index (χ1v) is 9.94. The molecule has 2 aromatic carbocycles. The number of likely N-dealkylation sites (tertiary alicyclic amines) is 1. The van der Waals surface area contributed by atoms with Gasteiger partial charge in [0.05, 0.1) is 11.1 Å². The number of anilines is 1. The Kier molecular flexibility index (Phi) is 5.52. The molecule has 0 spiro atoms. The van der Waals surface area contributed by atoms with Crippen molar-refractivity contribution in [2.45, 2.75) is 19.0 Å². The summed E-state index contributed by atoms with van der Waals surface area (Å²) in [6.45, 7) is 1.47. The molecule has 7 heteroatoms. The van der Waals surface area contributed by atoms with E-state index < -0.39 is 6.09 Å². The van der Waals surface area contributed by atoms with Crippen molar-refractivity contribution in [1.82, 2.24) is 14.8 Å². The Balaban J connectivity index is 1.58. The van der Waals surface area contributed by atoms with Crippen LogP contribution in [-0.4, -0.2) is 58.1 Å². The third-order valence-corrected chi connectivity index (χ3v) is 5.43. The summed E-state index contributed by atoms with van der Waals surface area (Å²) in [5.41, 5.74) is 3.11. The molecule has 1 aliphatic heterocycles. The minimum absolute atomic E-state index is 0.0341. The van der Waals surface area contributed by atoms with Crippen LogP contribution in [0.4, 0.5) is 10.5 Å². The predicted octanol–water partition coefficient (Wildman–Crippen LogP) is 3.67. The summed E-state index contributed by atoms with van der Waals surface area (Å²) in [4.78, 5) is 31.9. The Morgan fingerprint density at radius 1 is 1.17 bits per heavy atom. The van der Waals surface area contributed by atoms with Crippen LogP contribution in [0.15, 0.2) is 60.8 Å². The molecule has 2 N–H and O–H groups in total. The van der Waals surface area contributed by atoms with Crippen molar-refractivity contribution in [2.24, 2.45) is 0 Å². The van der Waals surface area contributed by atoms with Crippen LogP contribution in [0.25, 0.3) is 10.9 Å². The maximum absolute atomic E-state index is 13.1. The lowest BCUT2D eigenvalue weighted by molar-refractivity contribution is 0.0787. The summed E-state index contributed by atoms with van der Waals surface area (Å²) in [6, 6.07) is 17.4. The van der Waals surface area contributed by atoms with Crippen LogP contribution in [0.3, 0.4) is 0 Å². The van der Waals surface area contributed by atoms with Gasteiger partial charge >= 0.3 is 6.09 Å². The number of carboxylic acid groups (broad SMARTS) is 1. The number of rotatable bonds is 5. The maximum atomic E-state index is 13.1. The lowest BCUT2D eigenvalue weighted by atomic mass is 10.1. The van der Waals surface area contributed by atoms with E-state index in [0.717, 1.165) is 23.1 Å². The van der Waals surface area contributed by atoms with Gasteiger partial charge in [-0.3, -0.25) is 9.78 Å². The number of nitrogens with one attached hydrogen (secondary N) is 1. The molecule has 1 fully saturated rings. The van der Waals surface area contributed by atoms with E-state index >= 15 is 0 Å². The van der Waals surface area contributed by atoms with Crippen molar-refractivity contribution in [3.63, 3.8) is 0 Å². The Hall–Kier alpha value is -3.61. The summed E-state index contributed by atoms with van der Waals surface area (Å²) >= 11 is 0. The molecule has 0 aliphatic carbocycles. The Morgan fingerprint density at radius 2 is 1.97 bits per heavy atom.